The molecule has 0 bridgehead atoms. The van der Waals surface area contributed by atoms with E-state index in [4.69, 9.17) is 0 Å². The van der Waals surface area contributed by atoms with Gasteiger partial charge in [-0.3, -0.25) is 0 Å². The summed E-state index contributed by atoms with van der Waals surface area (Å²) >= 11 is 0. The first-order valence-corrected chi connectivity index (χ1v) is 10.1. The molecule has 1 aromatic heterocycles. The number of hydrogen-bond donors (Lipinski definition) is 1. The highest BCUT2D eigenvalue weighted by atomic mass is 32.2. The second-order valence-electron chi connectivity index (χ2n) is 6.73. The molecule has 1 atom stereocenters. The lowest BCUT2D eigenvalue weighted by atomic mass is 10.0. The second kappa shape index (κ2) is 7.62. The highest BCUT2D eigenvalue weighted by Gasteiger charge is 2.26. The molecule has 27 heavy (non-hydrogen) atoms. The van der Waals surface area contributed by atoms with Crippen molar-refractivity contribution < 1.29 is 12.8 Å². The van der Waals surface area contributed by atoms with Crippen LogP contribution in [0.4, 0.5) is 4.39 Å². The zero-order valence-corrected chi connectivity index (χ0v) is 16.2. The quantitative estimate of drug-likeness (QED) is 0.701. The maximum Gasteiger partial charge on any atom is 0.241 e. The fourth-order valence-electron chi connectivity index (χ4n) is 2.87. The van der Waals surface area contributed by atoms with Crippen LogP contribution in [0.1, 0.15) is 42.8 Å². The SMILES string of the molecule is CC(C)c1ccc(S(=O)(=O)N[C@H](c2cccc(F)c2)c2nccn2C)cc1. The predicted octanol–water partition coefficient (Wildman–Crippen LogP) is 3.75. The lowest BCUT2D eigenvalue weighted by Crippen LogP contribution is -2.31. The standard InChI is InChI=1S/C20H22FN3O2S/c1-14(2)15-7-9-18(10-8-15)27(25,26)23-19(20-22-11-12-24(20)3)16-5-4-6-17(21)13-16/h4-14,19,23H,1-3H3/t19-/m1/s1. The van der Waals surface area contributed by atoms with Gasteiger partial charge in [0, 0.05) is 19.4 Å². The van der Waals surface area contributed by atoms with E-state index in [1.54, 1.807) is 60.4 Å². The van der Waals surface area contributed by atoms with Crippen molar-refractivity contribution in [2.24, 2.45) is 7.05 Å². The van der Waals surface area contributed by atoms with Gasteiger partial charge in [0.05, 0.1) is 4.90 Å². The van der Waals surface area contributed by atoms with Crippen LogP contribution in [0.25, 0.3) is 0 Å². The van der Waals surface area contributed by atoms with Crippen LogP contribution in [0.2, 0.25) is 0 Å². The third-order valence-corrected chi connectivity index (χ3v) is 5.87. The van der Waals surface area contributed by atoms with Gasteiger partial charge in [-0.25, -0.2) is 17.8 Å². The maximum absolute atomic E-state index is 13.7. The molecule has 3 aromatic rings. The summed E-state index contributed by atoms with van der Waals surface area (Å²) in [5, 5.41) is 0. The summed E-state index contributed by atoms with van der Waals surface area (Å²) in [5.41, 5.74) is 1.53. The summed E-state index contributed by atoms with van der Waals surface area (Å²) in [5.74, 6) is 0.345. The number of imidazole rings is 1. The number of sulfonamides is 1. The Bertz CT molecular complexity index is 1030. The molecule has 5 nitrogen and oxygen atoms in total. The van der Waals surface area contributed by atoms with E-state index >= 15 is 0 Å². The Hall–Kier alpha value is -2.51. The fourth-order valence-corrected chi connectivity index (χ4v) is 4.05. The van der Waals surface area contributed by atoms with Crippen molar-refractivity contribution in [1.29, 1.82) is 0 Å². The van der Waals surface area contributed by atoms with Crippen LogP contribution in [0.5, 0.6) is 0 Å². The van der Waals surface area contributed by atoms with Gasteiger partial charge in [-0.2, -0.15) is 4.72 Å². The first-order chi connectivity index (χ1) is 12.8. The minimum absolute atomic E-state index is 0.155. The average Bonchev–Trinajstić information content (AvgIpc) is 3.05. The van der Waals surface area contributed by atoms with Crippen molar-refractivity contribution in [3.63, 3.8) is 0 Å². The number of rotatable bonds is 6. The molecule has 1 heterocycles. The van der Waals surface area contributed by atoms with Crippen LogP contribution < -0.4 is 4.72 Å². The zero-order valence-electron chi connectivity index (χ0n) is 15.4. The number of nitrogens with zero attached hydrogens (tertiary/aromatic N) is 2. The largest absolute Gasteiger partial charge is 0.336 e. The van der Waals surface area contributed by atoms with Crippen molar-refractivity contribution in [3.05, 3.63) is 83.7 Å². The van der Waals surface area contributed by atoms with Gasteiger partial charge in [0.25, 0.3) is 0 Å². The molecule has 0 aliphatic carbocycles. The monoisotopic (exact) mass is 387 g/mol. The van der Waals surface area contributed by atoms with Crippen molar-refractivity contribution >= 4 is 10.0 Å². The molecule has 2 aromatic carbocycles. The highest BCUT2D eigenvalue weighted by molar-refractivity contribution is 7.89. The van der Waals surface area contributed by atoms with Crippen LogP contribution in [0, 0.1) is 5.82 Å². The van der Waals surface area contributed by atoms with Gasteiger partial charge in [-0.05, 0) is 41.3 Å². The van der Waals surface area contributed by atoms with E-state index < -0.39 is 21.9 Å². The lowest BCUT2D eigenvalue weighted by Gasteiger charge is -2.19. The number of halogens is 1. The molecule has 1 N–H and O–H groups in total. The summed E-state index contributed by atoms with van der Waals surface area (Å²) in [6, 6.07) is 11.8. The number of hydrogen-bond acceptors (Lipinski definition) is 3. The number of benzene rings is 2. The minimum Gasteiger partial charge on any atom is -0.336 e. The van der Waals surface area contributed by atoms with E-state index in [2.05, 4.69) is 9.71 Å². The van der Waals surface area contributed by atoms with Gasteiger partial charge in [0.15, 0.2) is 0 Å². The predicted molar refractivity (Wildman–Crippen MR) is 102 cm³/mol. The van der Waals surface area contributed by atoms with E-state index in [1.165, 1.54) is 12.1 Å². The Balaban J connectivity index is 1.99. The molecule has 0 aliphatic rings. The molecule has 3 rings (SSSR count). The molecular weight excluding hydrogens is 365 g/mol. The summed E-state index contributed by atoms with van der Waals surface area (Å²) in [7, 11) is -2.07. The number of aryl methyl sites for hydroxylation is 1. The summed E-state index contributed by atoms with van der Waals surface area (Å²) in [6.07, 6.45) is 3.29. The third kappa shape index (κ3) is 4.26. The lowest BCUT2D eigenvalue weighted by molar-refractivity contribution is 0.560. The molecule has 0 fully saturated rings. The molecular formula is C20H22FN3O2S. The van der Waals surface area contributed by atoms with Crippen molar-refractivity contribution in [2.45, 2.75) is 30.7 Å². The Morgan fingerprint density at radius 2 is 1.78 bits per heavy atom. The Kier molecular flexibility index (Phi) is 5.43. The normalized spacial score (nSPS) is 13.1. The Labute approximate surface area is 158 Å². The van der Waals surface area contributed by atoms with E-state index in [1.807, 2.05) is 13.8 Å². The van der Waals surface area contributed by atoms with E-state index in [0.717, 1.165) is 5.56 Å². The molecule has 0 radical (unpaired) electrons. The first kappa shape index (κ1) is 19.3. The molecule has 0 amide bonds. The second-order valence-corrected chi connectivity index (χ2v) is 8.44. The summed E-state index contributed by atoms with van der Waals surface area (Å²) in [6.45, 7) is 4.09. The zero-order chi connectivity index (χ0) is 19.6. The third-order valence-electron chi connectivity index (χ3n) is 4.43. The first-order valence-electron chi connectivity index (χ1n) is 8.63. The molecule has 0 spiro atoms. The van der Waals surface area contributed by atoms with Crippen LogP contribution in [0.15, 0.2) is 65.8 Å². The van der Waals surface area contributed by atoms with Gasteiger partial charge in [0.2, 0.25) is 10.0 Å². The molecule has 142 valence electrons. The van der Waals surface area contributed by atoms with Crippen molar-refractivity contribution in [1.82, 2.24) is 14.3 Å². The van der Waals surface area contributed by atoms with Gasteiger partial charge < -0.3 is 4.57 Å². The smallest absolute Gasteiger partial charge is 0.241 e. The molecule has 0 aliphatic heterocycles. The van der Waals surface area contributed by atoms with Gasteiger partial charge in [-0.15, -0.1) is 0 Å². The van der Waals surface area contributed by atoms with Gasteiger partial charge in [0.1, 0.15) is 17.7 Å². The van der Waals surface area contributed by atoms with E-state index in [0.29, 0.717) is 17.3 Å². The summed E-state index contributed by atoms with van der Waals surface area (Å²) in [4.78, 5) is 4.41. The van der Waals surface area contributed by atoms with Crippen LogP contribution in [-0.2, 0) is 17.1 Å². The summed E-state index contributed by atoms with van der Waals surface area (Å²) < 4.78 is 44.0. The van der Waals surface area contributed by atoms with Crippen LogP contribution >= 0.6 is 0 Å². The van der Waals surface area contributed by atoms with Gasteiger partial charge >= 0.3 is 0 Å². The highest BCUT2D eigenvalue weighted by Crippen LogP contribution is 2.25. The fraction of sp³-hybridized carbons (Fsp3) is 0.250. The number of nitrogens with one attached hydrogen (secondary N) is 1. The number of aromatic nitrogens is 2. The van der Waals surface area contributed by atoms with Crippen LogP contribution in [0.3, 0.4) is 0 Å². The molecule has 0 unspecified atom stereocenters. The molecule has 0 saturated carbocycles. The molecule has 7 heteroatoms. The van der Waals surface area contributed by atoms with Crippen molar-refractivity contribution in [3.8, 4) is 0 Å². The van der Waals surface area contributed by atoms with Crippen molar-refractivity contribution in [2.75, 3.05) is 0 Å². The topological polar surface area (TPSA) is 64.0 Å². The molecule has 0 saturated heterocycles. The van der Waals surface area contributed by atoms with Crippen LogP contribution in [-0.4, -0.2) is 18.0 Å². The maximum atomic E-state index is 13.7. The minimum atomic E-state index is -3.83. The van der Waals surface area contributed by atoms with E-state index in [9.17, 15) is 12.8 Å². The Morgan fingerprint density at radius 3 is 2.33 bits per heavy atom. The van der Waals surface area contributed by atoms with Gasteiger partial charge in [-0.1, -0.05) is 38.1 Å². The van der Waals surface area contributed by atoms with E-state index in [-0.39, 0.29) is 4.90 Å². The Morgan fingerprint density at radius 1 is 1.07 bits per heavy atom. The average molecular weight is 387 g/mol.